The number of rotatable bonds is 1. The lowest BCUT2D eigenvalue weighted by Gasteiger charge is -2.17. The average Bonchev–Trinajstić information content (AvgIpc) is 2.63. The van der Waals surface area contributed by atoms with E-state index in [0.717, 1.165) is 6.08 Å². The predicted octanol–water partition coefficient (Wildman–Crippen LogP) is 1.90. The first-order chi connectivity index (χ1) is 12.7. The number of cyclic esters (lactones) is 1. The maximum absolute atomic E-state index is 13.9. The Morgan fingerprint density at radius 1 is 1.22 bits per heavy atom. The zero-order valence-corrected chi connectivity index (χ0v) is 14.9. The van der Waals surface area contributed by atoms with Gasteiger partial charge in [0.25, 0.3) is 0 Å². The third-order valence-corrected chi connectivity index (χ3v) is 4.04. The summed E-state index contributed by atoms with van der Waals surface area (Å²) >= 11 is 0. The average molecular weight is 380 g/mol. The molecule has 7 nitrogen and oxygen atoms in total. The Hall–Kier alpha value is -2.71. The first-order valence-electron chi connectivity index (χ1n) is 8.29. The van der Waals surface area contributed by atoms with Crippen molar-refractivity contribution >= 4 is 17.8 Å². The second-order valence-electron chi connectivity index (χ2n) is 6.13. The van der Waals surface area contributed by atoms with Gasteiger partial charge in [0.1, 0.15) is 29.3 Å². The first-order valence-corrected chi connectivity index (χ1v) is 8.29. The molecule has 1 aliphatic heterocycles. The molecule has 2 rings (SSSR count). The van der Waals surface area contributed by atoms with Crippen LogP contribution in [0.4, 0.5) is 4.39 Å². The van der Waals surface area contributed by atoms with Gasteiger partial charge in [0.05, 0.1) is 13.2 Å². The molecule has 0 aromatic heterocycles. The van der Waals surface area contributed by atoms with Crippen molar-refractivity contribution in [1.29, 1.82) is 0 Å². The Balaban J connectivity index is 2.48. The minimum absolute atomic E-state index is 0.119. The number of Topliss-reactive ketones (excluding diaryl/α,β-unsaturated/α-hetero) is 1. The largest absolute Gasteiger partial charge is 0.507 e. The maximum atomic E-state index is 13.9. The van der Waals surface area contributed by atoms with Gasteiger partial charge in [-0.3, -0.25) is 4.79 Å². The number of carbonyl (C=O) groups excluding carboxylic acids is 2. The molecule has 0 aliphatic carbocycles. The van der Waals surface area contributed by atoms with E-state index >= 15 is 0 Å². The summed E-state index contributed by atoms with van der Waals surface area (Å²) in [5, 5.41) is 29.9. The number of fused-ring (bicyclic) bond motifs is 1. The summed E-state index contributed by atoms with van der Waals surface area (Å²) in [5.41, 5.74) is 0.141. The molecule has 8 heteroatoms. The summed E-state index contributed by atoms with van der Waals surface area (Å²) in [7, 11) is 1.39. The monoisotopic (exact) mass is 380 g/mol. The van der Waals surface area contributed by atoms with Gasteiger partial charge in [-0.25, -0.2) is 9.18 Å². The molecule has 0 saturated heterocycles. The molecule has 0 fully saturated rings. The number of carbonyl (C=O) groups is 2. The molecule has 1 aromatic carbocycles. The first kappa shape index (κ1) is 20.6. The van der Waals surface area contributed by atoms with Crippen molar-refractivity contribution in [1.82, 2.24) is 0 Å². The van der Waals surface area contributed by atoms with Crippen LogP contribution >= 0.6 is 0 Å². The van der Waals surface area contributed by atoms with E-state index in [1.165, 1.54) is 38.3 Å². The van der Waals surface area contributed by atoms with E-state index < -0.39 is 35.9 Å². The molecule has 27 heavy (non-hydrogen) atoms. The van der Waals surface area contributed by atoms with E-state index in [4.69, 9.17) is 9.47 Å². The zero-order chi connectivity index (χ0) is 20.1. The summed E-state index contributed by atoms with van der Waals surface area (Å²) in [6, 6.07) is 2.73. The van der Waals surface area contributed by atoms with E-state index in [1.807, 2.05) is 0 Å². The lowest BCUT2D eigenvalue weighted by Crippen LogP contribution is -2.34. The van der Waals surface area contributed by atoms with Crippen molar-refractivity contribution in [2.45, 2.75) is 38.1 Å². The topological polar surface area (TPSA) is 113 Å². The van der Waals surface area contributed by atoms with Gasteiger partial charge in [0, 0.05) is 12.5 Å². The number of ether oxygens (including phenoxy) is 2. The van der Waals surface area contributed by atoms with Crippen molar-refractivity contribution in [3.05, 3.63) is 41.2 Å². The number of ketones is 1. The normalized spacial score (nSPS) is 27.6. The molecule has 0 saturated carbocycles. The lowest BCUT2D eigenvalue weighted by molar-refractivity contribution is -0.130. The minimum Gasteiger partial charge on any atom is -0.507 e. The Labute approximate surface area is 155 Å². The molecular weight excluding hydrogens is 359 g/mol. The third kappa shape index (κ3) is 4.93. The Kier molecular flexibility index (Phi) is 6.70. The number of methoxy groups -OCH3 is 1. The molecule has 0 bridgehead atoms. The van der Waals surface area contributed by atoms with E-state index in [2.05, 4.69) is 0 Å². The highest BCUT2D eigenvalue weighted by Crippen LogP contribution is 2.30. The summed E-state index contributed by atoms with van der Waals surface area (Å²) in [4.78, 5) is 24.2. The smallest absolute Gasteiger partial charge is 0.342 e. The highest BCUT2D eigenvalue weighted by atomic mass is 19.1. The number of aliphatic hydroxyl groups excluding tert-OH is 2. The molecule has 0 amide bonds. The summed E-state index contributed by atoms with van der Waals surface area (Å²) in [6.07, 6.45) is -0.929. The fourth-order valence-corrected chi connectivity index (χ4v) is 2.53. The molecule has 1 aliphatic rings. The molecule has 3 N–H and O–H groups in total. The van der Waals surface area contributed by atoms with Crippen molar-refractivity contribution in [2.24, 2.45) is 0 Å². The van der Waals surface area contributed by atoms with Crippen LogP contribution in [-0.4, -0.2) is 52.5 Å². The van der Waals surface area contributed by atoms with Gasteiger partial charge in [-0.2, -0.15) is 0 Å². The van der Waals surface area contributed by atoms with Crippen LogP contribution in [-0.2, 0) is 9.53 Å². The van der Waals surface area contributed by atoms with Crippen LogP contribution in [0.2, 0.25) is 0 Å². The lowest BCUT2D eigenvalue weighted by atomic mass is 10.0. The Morgan fingerprint density at radius 3 is 2.59 bits per heavy atom. The Bertz CT molecular complexity index is 785. The van der Waals surface area contributed by atoms with Gasteiger partial charge in [0.15, 0.2) is 5.83 Å². The highest BCUT2D eigenvalue weighted by molar-refractivity contribution is 5.98. The molecule has 146 valence electrons. The number of hydrogen-bond acceptors (Lipinski definition) is 7. The summed E-state index contributed by atoms with van der Waals surface area (Å²) in [6.45, 7) is 1.49. The fourth-order valence-electron chi connectivity index (χ4n) is 2.53. The van der Waals surface area contributed by atoms with Gasteiger partial charge in [0.2, 0.25) is 5.78 Å². The second-order valence-corrected chi connectivity index (χ2v) is 6.13. The molecule has 1 unspecified atom stereocenters. The van der Waals surface area contributed by atoms with E-state index in [-0.39, 0.29) is 29.7 Å². The highest BCUT2D eigenvalue weighted by Gasteiger charge is 2.27. The number of esters is 1. The van der Waals surface area contributed by atoms with Gasteiger partial charge < -0.3 is 24.8 Å². The van der Waals surface area contributed by atoms with Crippen LogP contribution < -0.4 is 4.74 Å². The fraction of sp³-hybridized carbons (Fsp3) is 0.368. The van der Waals surface area contributed by atoms with Gasteiger partial charge in [-0.1, -0.05) is 12.2 Å². The molecule has 1 aromatic rings. The summed E-state index contributed by atoms with van der Waals surface area (Å²) < 4.78 is 24.1. The number of phenols is 1. The van der Waals surface area contributed by atoms with Crippen molar-refractivity contribution < 1.29 is 38.8 Å². The second kappa shape index (κ2) is 8.79. The number of hydrogen-bond donors (Lipinski definition) is 3. The third-order valence-electron chi connectivity index (χ3n) is 4.04. The van der Waals surface area contributed by atoms with Gasteiger partial charge in [-0.15, -0.1) is 0 Å². The van der Waals surface area contributed by atoms with Crippen LogP contribution in [0.25, 0.3) is 6.08 Å². The van der Waals surface area contributed by atoms with Crippen LogP contribution in [0.1, 0.15) is 35.7 Å². The van der Waals surface area contributed by atoms with Crippen molar-refractivity contribution in [3.8, 4) is 11.5 Å². The molecule has 0 spiro atoms. The van der Waals surface area contributed by atoms with Gasteiger partial charge >= 0.3 is 5.97 Å². The van der Waals surface area contributed by atoms with Crippen molar-refractivity contribution in [3.63, 3.8) is 0 Å². The molecule has 0 radical (unpaired) electrons. The summed E-state index contributed by atoms with van der Waals surface area (Å²) in [5.74, 6) is -3.38. The number of aliphatic hydroxyl groups is 2. The predicted molar refractivity (Wildman–Crippen MR) is 94.0 cm³/mol. The van der Waals surface area contributed by atoms with E-state index in [1.54, 1.807) is 0 Å². The molecule has 3 atom stereocenters. The van der Waals surface area contributed by atoms with Gasteiger partial charge in [-0.05, 0) is 31.1 Å². The van der Waals surface area contributed by atoms with E-state index in [9.17, 15) is 29.3 Å². The van der Waals surface area contributed by atoms with E-state index in [0.29, 0.717) is 5.75 Å². The number of aromatic hydroxyl groups is 1. The number of phenolic OH excluding ortho intramolecular Hbond substituents is 1. The van der Waals surface area contributed by atoms with Crippen LogP contribution in [0.3, 0.4) is 0 Å². The van der Waals surface area contributed by atoms with Crippen LogP contribution in [0.15, 0.2) is 30.1 Å². The maximum Gasteiger partial charge on any atom is 0.342 e. The SMILES string of the molecule is COc1cc(O)c2c(c1)/C=C/C[C@@H](O)[C@@H](O)C(=O)/C(F)=C\CC(C)OC2=O. The molecular formula is C19H21FO7. The van der Waals surface area contributed by atoms with Crippen molar-refractivity contribution in [2.75, 3.05) is 7.11 Å². The Morgan fingerprint density at radius 2 is 1.93 bits per heavy atom. The standard InChI is InChI=1S/C19H21FO7/c1-10-6-7-13(20)17(23)18(24)14(21)5-3-4-11-8-12(26-2)9-15(22)16(11)19(25)27-10/h3-4,7-10,14,18,21-22,24H,5-6H2,1-2H3/b4-3+,13-7+/t10?,14-,18-/m1/s1. The quantitative estimate of drug-likeness (QED) is 0.638. The molecule has 1 heterocycles. The van der Waals surface area contributed by atoms with Crippen LogP contribution in [0.5, 0.6) is 11.5 Å². The number of halogens is 1. The number of benzene rings is 1. The minimum atomic E-state index is -1.93. The van der Waals surface area contributed by atoms with Crippen LogP contribution in [0, 0.1) is 0 Å². The zero-order valence-electron chi connectivity index (χ0n) is 14.9.